The Labute approximate surface area is 92.3 Å². The summed E-state index contributed by atoms with van der Waals surface area (Å²) in [5, 5.41) is 3.28. The van der Waals surface area contributed by atoms with Crippen molar-refractivity contribution >= 4 is 5.97 Å². The van der Waals surface area contributed by atoms with Gasteiger partial charge < -0.3 is 14.8 Å². The Morgan fingerprint density at radius 2 is 2.07 bits per heavy atom. The first kappa shape index (κ1) is 14.4. The van der Waals surface area contributed by atoms with Crippen LogP contribution < -0.4 is 5.32 Å². The van der Waals surface area contributed by atoms with Crippen molar-refractivity contribution in [2.75, 3.05) is 26.9 Å². The molecule has 0 aliphatic heterocycles. The van der Waals surface area contributed by atoms with Crippen LogP contribution in [0, 0.1) is 5.92 Å². The summed E-state index contributed by atoms with van der Waals surface area (Å²) in [5.41, 5.74) is 0. The molecule has 0 aromatic heterocycles. The summed E-state index contributed by atoms with van der Waals surface area (Å²) in [5.74, 6) is 0.316. The van der Waals surface area contributed by atoms with E-state index in [-0.39, 0.29) is 12.0 Å². The summed E-state index contributed by atoms with van der Waals surface area (Å²) < 4.78 is 9.89. The van der Waals surface area contributed by atoms with E-state index in [1.165, 1.54) is 0 Å². The largest absolute Gasteiger partial charge is 0.466 e. The van der Waals surface area contributed by atoms with Gasteiger partial charge in [-0.2, -0.15) is 0 Å². The van der Waals surface area contributed by atoms with Crippen LogP contribution in [0.5, 0.6) is 0 Å². The molecule has 90 valence electrons. The highest BCUT2D eigenvalue weighted by molar-refractivity contribution is 5.69. The first-order valence-corrected chi connectivity index (χ1v) is 5.48. The minimum Gasteiger partial charge on any atom is -0.466 e. The molecule has 0 bridgehead atoms. The number of rotatable bonds is 8. The third kappa shape index (κ3) is 8.39. The third-order valence-electron chi connectivity index (χ3n) is 2.04. The summed E-state index contributed by atoms with van der Waals surface area (Å²) in [7, 11) is 1.69. The maximum Gasteiger partial charge on any atom is 0.307 e. The van der Waals surface area contributed by atoms with E-state index in [4.69, 9.17) is 9.47 Å². The fourth-order valence-corrected chi connectivity index (χ4v) is 1.29. The van der Waals surface area contributed by atoms with Crippen molar-refractivity contribution in [3.05, 3.63) is 0 Å². The zero-order chi connectivity index (χ0) is 11.7. The lowest BCUT2D eigenvalue weighted by atomic mass is 10.1. The molecule has 4 heteroatoms. The molecule has 0 radical (unpaired) electrons. The summed E-state index contributed by atoms with van der Waals surface area (Å²) in [6, 6.07) is 0.156. The maximum atomic E-state index is 11.1. The van der Waals surface area contributed by atoms with E-state index in [1.54, 1.807) is 7.11 Å². The van der Waals surface area contributed by atoms with Gasteiger partial charge in [-0.3, -0.25) is 4.79 Å². The van der Waals surface area contributed by atoms with Crippen molar-refractivity contribution in [1.29, 1.82) is 0 Å². The molecule has 0 heterocycles. The average Bonchev–Trinajstić information content (AvgIpc) is 2.15. The van der Waals surface area contributed by atoms with Crippen LogP contribution in [0.2, 0.25) is 0 Å². The predicted molar refractivity (Wildman–Crippen MR) is 59.8 cm³/mol. The zero-order valence-electron chi connectivity index (χ0n) is 10.2. The van der Waals surface area contributed by atoms with Gasteiger partial charge in [0.25, 0.3) is 0 Å². The van der Waals surface area contributed by atoms with Crippen molar-refractivity contribution in [2.45, 2.75) is 33.2 Å². The summed E-state index contributed by atoms with van der Waals surface area (Å²) in [4.78, 5) is 11.1. The molecule has 0 spiro atoms. The maximum absolute atomic E-state index is 11.1. The van der Waals surface area contributed by atoms with Crippen LogP contribution in [-0.2, 0) is 14.3 Å². The van der Waals surface area contributed by atoms with Gasteiger partial charge in [0, 0.05) is 26.3 Å². The molecule has 0 amide bonds. The van der Waals surface area contributed by atoms with Gasteiger partial charge in [0.15, 0.2) is 0 Å². The third-order valence-corrected chi connectivity index (χ3v) is 2.04. The van der Waals surface area contributed by atoms with Gasteiger partial charge in [0.2, 0.25) is 0 Å². The van der Waals surface area contributed by atoms with Crippen molar-refractivity contribution in [1.82, 2.24) is 5.32 Å². The first-order chi connectivity index (χ1) is 7.10. The number of hydrogen-bond donors (Lipinski definition) is 1. The number of hydrogen-bond acceptors (Lipinski definition) is 4. The number of ether oxygens (including phenoxy) is 2. The monoisotopic (exact) mass is 217 g/mol. The summed E-state index contributed by atoms with van der Waals surface area (Å²) in [6.07, 6.45) is 0.424. The van der Waals surface area contributed by atoms with E-state index in [1.807, 2.05) is 13.8 Å². The second kappa shape index (κ2) is 8.68. The highest BCUT2D eigenvalue weighted by Gasteiger charge is 2.10. The standard InChI is InChI=1S/C11H23NO3/c1-5-15-11(13)6-10(3)12-7-9(2)8-14-4/h9-10,12H,5-8H2,1-4H3. The van der Waals surface area contributed by atoms with Crippen LogP contribution in [0.3, 0.4) is 0 Å². The van der Waals surface area contributed by atoms with Crippen molar-refractivity contribution < 1.29 is 14.3 Å². The van der Waals surface area contributed by atoms with Gasteiger partial charge in [-0.05, 0) is 19.8 Å². The molecule has 0 rings (SSSR count). The van der Waals surface area contributed by atoms with Crippen LogP contribution in [-0.4, -0.2) is 38.9 Å². The molecular weight excluding hydrogens is 194 g/mol. The van der Waals surface area contributed by atoms with Gasteiger partial charge in [-0.1, -0.05) is 6.92 Å². The van der Waals surface area contributed by atoms with Gasteiger partial charge in [0.05, 0.1) is 13.0 Å². The SMILES string of the molecule is CCOC(=O)CC(C)NCC(C)COC. The van der Waals surface area contributed by atoms with Gasteiger partial charge in [-0.15, -0.1) is 0 Å². The second-order valence-corrected chi connectivity index (χ2v) is 3.88. The van der Waals surface area contributed by atoms with Crippen LogP contribution >= 0.6 is 0 Å². The van der Waals surface area contributed by atoms with Gasteiger partial charge in [-0.25, -0.2) is 0 Å². The number of methoxy groups -OCH3 is 1. The summed E-state index contributed by atoms with van der Waals surface area (Å²) >= 11 is 0. The van der Waals surface area contributed by atoms with Crippen molar-refractivity contribution in [3.63, 3.8) is 0 Å². The van der Waals surface area contributed by atoms with E-state index >= 15 is 0 Å². The topological polar surface area (TPSA) is 47.6 Å². The number of esters is 1. The Morgan fingerprint density at radius 1 is 1.40 bits per heavy atom. The Morgan fingerprint density at radius 3 is 2.60 bits per heavy atom. The minimum atomic E-state index is -0.142. The van der Waals surface area contributed by atoms with Crippen LogP contribution in [0.25, 0.3) is 0 Å². The van der Waals surface area contributed by atoms with Crippen LogP contribution in [0.4, 0.5) is 0 Å². The van der Waals surface area contributed by atoms with Gasteiger partial charge >= 0.3 is 5.97 Å². The lowest BCUT2D eigenvalue weighted by Crippen LogP contribution is -2.33. The molecule has 0 aliphatic carbocycles. The molecule has 0 aromatic carbocycles. The zero-order valence-corrected chi connectivity index (χ0v) is 10.2. The van der Waals surface area contributed by atoms with Crippen molar-refractivity contribution in [2.24, 2.45) is 5.92 Å². The second-order valence-electron chi connectivity index (χ2n) is 3.88. The fourth-order valence-electron chi connectivity index (χ4n) is 1.29. The minimum absolute atomic E-state index is 0.142. The van der Waals surface area contributed by atoms with E-state index in [2.05, 4.69) is 12.2 Å². The molecule has 0 saturated heterocycles. The van der Waals surface area contributed by atoms with E-state index < -0.39 is 0 Å². The lowest BCUT2D eigenvalue weighted by molar-refractivity contribution is -0.143. The molecule has 2 unspecified atom stereocenters. The lowest BCUT2D eigenvalue weighted by Gasteiger charge is -2.16. The molecule has 0 aromatic rings. The Kier molecular flexibility index (Phi) is 8.33. The van der Waals surface area contributed by atoms with E-state index in [0.717, 1.165) is 13.2 Å². The highest BCUT2D eigenvalue weighted by atomic mass is 16.5. The van der Waals surface area contributed by atoms with Gasteiger partial charge in [0.1, 0.15) is 0 Å². The Bertz CT molecular complexity index is 173. The predicted octanol–water partition coefficient (Wildman–Crippen LogP) is 1.20. The molecule has 0 fully saturated rings. The molecule has 15 heavy (non-hydrogen) atoms. The molecule has 1 N–H and O–H groups in total. The van der Waals surface area contributed by atoms with Crippen molar-refractivity contribution in [3.8, 4) is 0 Å². The molecule has 0 aliphatic rings. The quantitative estimate of drug-likeness (QED) is 0.621. The fraction of sp³-hybridized carbons (Fsp3) is 0.909. The number of carbonyl (C=O) groups excluding carboxylic acids is 1. The average molecular weight is 217 g/mol. The van der Waals surface area contributed by atoms with E-state index in [9.17, 15) is 4.79 Å². The smallest absolute Gasteiger partial charge is 0.307 e. The first-order valence-electron chi connectivity index (χ1n) is 5.48. The van der Waals surface area contributed by atoms with Crippen LogP contribution in [0.1, 0.15) is 27.2 Å². The molecule has 2 atom stereocenters. The molecular formula is C11H23NO3. The number of carbonyl (C=O) groups is 1. The Hall–Kier alpha value is -0.610. The van der Waals surface area contributed by atoms with Crippen LogP contribution in [0.15, 0.2) is 0 Å². The number of nitrogens with one attached hydrogen (secondary N) is 1. The normalized spacial score (nSPS) is 14.7. The molecule has 4 nitrogen and oxygen atoms in total. The molecule has 0 saturated carbocycles. The van der Waals surface area contributed by atoms with E-state index in [0.29, 0.717) is 18.9 Å². The summed E-state index contributed by atoms with van der Waals surface area (Å²) in [6.45, 7) is 7.94. The Balaban J connectivity index is 3.56. The highest BCUT2D eigenvalue weighted by Crippen LogP contribution is 1.97.